The second-order valence-electron chi connectivity index (χ2n) is 11.6. The van der Waals surface area contributed by atoms with Crippen molar-refractivity contribution in [2.75, 3.05) is 14.2 Å². The molecule has 0 saturated heterocycles. The Bertz CT molecular complexity index is 1410. The van der Waals surface area contributed by atoms with E-state index in [9.17, 15) is 24.5 Å². The molecule has 0 heterocycles. The number of hydrogen-bond acceptors (Lipinski definition) is 8. The lowest BCUT2D eigenvalue weighted by Gasteiger charge is -2.31. The highest BCUT2D eigenvalue weighted by atomic mass is 16.6. The van der Waals surface area contributed by atoms with Crippen LogP contribution in [0.4, 0.5) is 4.79 Å². The van der Waals surface area contributed by atoms with E-state index in [1.165, 1.54) is 31.2 Å². The van der Waals surface area contributed by atoms with Crippen LogP contribution in [0.3, 0.4) is 0 Å². The van der Waals surface area contributed by atoms with Gasteiger partial charge >= 0.3 is 19.0 Å². The van der Waals surface area contributed by atoms with Crippen molar-refractivity contribution >= 4 is 30.3 Å². The molecular weight excluding hydrogens is 563 g/mol. The number of hydrogen-bond donors (Lipinski definition) is 3. The quantitative estimate of drug-likeness (QED) is 0.211. The summed E-state index contributed by atoms with van der Waals surface area (Å²) >= 11 is 0. The van der Waals surface area contributed by atoms with Crippen LogP contribution in [0.5, 0.6) is 11.5 Å². The monoisotopic (exact) mass is 604 g/mol. The highest BCUT2D eigenvalue weighted by Gasteiger charge is 2.34. The van der Waals surface area contributed by atoms with E-state index >= 15 is 0 Å². The van der Waals surface area contributed by atoms with Gasteiger partial charge in [0.1, 0.15) is 35.8 Å². The molecule has 0 aliphatic rings. The fourth-order valence-electron chi connectivity index (χ4n) is 4.49. The number of nitrogens with zero attached hydrogens (tertiary/aromatic N) is 1. The summed E-state index contributed by atoms with van der Waals surface area (Å²) in [5.74, 6) is -0.714. The van der Waals surface area contributed by atoms with Crippen molar-refractivity contribution in [3.05, 3.63) is 89.5 Å². The van der Waals surface area contributed by atoms with Crippen molar-refractivity contribution < 1.29 is 38.7 Å². The molecule has 0 aromatic heterocycles. The smallest absolute Gasteiger partial charge is 0.410 e. The molecule has 2 amide bonds. The zero-order chi connectivity index (χ0) is 32.4. The van der Waals surface area contributed by atoms with Gasteiger partial charge in [0.05, 0.1) is 7.11 Å². The summed E-state index contributed by atoms with van der Waals surface area (Å²) in [5.41, 5.74) is 1.84. The van der Waals surface area contributed by atoms with Gasteiger partial charge in [0.25, 0.3) is 0 Å². The van der Waals surface area contributed by atoms with E-state index in [-0.39, 0.29) is 25.2 Å². The number of amides is 2. The van der Waals surface area contributed by atoms with Crippen LogP contribution < -0.4 is 15.5 Å². The number of nitrogens with one attached hydrogen (secondary N) is 1. The van der Waals surface area contributed by atoms with Gasteiger partial charge in [-0.1, -0.05) is 61.4 Å². The molecule has 0 saturated carbocycles. The minimum absolute atomic E-state index is 0.00231. The number of phenolic OH excluding ortho intramolecular Hbond substituents is 1. The van der Waals surface area contributed by atoms with Crippen molar-refractivity contribution in [3.8, 4) is 11.5 Å². The largest absolute Gasteiger partial charge is 0.508 e. The second kappa shape index (κ2) is 15.3. The predicted molar refractivity (Wildman–Crippen MR) is 168 cm³/mol. The molecule has 0 aliphatic carbocycles. The van der Waals surface area contributed by atoms with Gasteiger partial charge in [0.15, 0.2) is 0 Å². The third kappa shape index (κ3) is 10.0. The highest BCUT2D eigenvalue weighted by Crippen LogP contribution is 2.18. The number of aromatic hydroxyl groups is 1. The van der Waals surface area contributed by atoms with Crippen LogP contribution >= 0.6 is 0 Å². The Kier molecular flexibility index (Phi) is 11.8. The van der Waals surface area contributed by atoms with Crippen molar-refractivity contribution in [3.63, 3.8) is 0 Å². The van der Waals surface area contributed by atoms with Gasteiger partial charge in [-0.2, -0.15) is 0 Å². The Morgan fingerprint density at radius 1 is 0.932 bits per heavy atom. The molecule has 234 valence electrons. The minimum atomic E-state index is -1.13. The van der Waals surface area contributed by atoms with Gasteiger partial charge in [-0.3, -0.25) is 9.69 Å². The molecule has 2 atom stereocenters. The first-order valence-corrected chi connectivity index (χ1v) is 14.4. The number of carbonyl (C=O) groups is 3. The number of esters is 1. The Hall–Kier alpha value is -4.51. The normalized spacial score (nSPS) is 12.4. The first-order valence-electron chi connectivity index (χ1n) is 14.4. The Morgan fingerprint density at radius 3 is 2.16 bits per heavy atom. The lowest BCUT2D eigenvalue weighted by atomic mass is 9.63. The Balaban J connectivity index is 1.92. The molecule has 0 spiro atoms. The third-order valence-corrected chi connectivity index (χ3v) is 6.83. The summed E-state index contributed by atoms with van der Waals surface area (Å²) in [7, 11) is 2.96. The standard InChI is InChI=1S/C33H41BN2O8/c1-33(2,3)44-32(40)36(5)28(20-22-12-15-25(37)16-13-22)30(38)35-27(31(39)43-21-23-10-8-7-9-11-23)19-24-14-17-29(42-6)26(18-24)34(4)41/h7-18,27-28,37,41H,19-21H2,1-6H3,(H,35,38). The highest BCUT2D eigenvalue weighted by molar-refractivity contribution is 6.65. The van der Waals surface area contributed by atoms with Crippen molar-refractivity contribution in [2.24, 2.45) is 0 Å². The van der Waals surface area contributed by atoms with Gasteiger partial charge in [-0.25, -0.2) is 9.59 Å². The molecular formula is C33H41BN2O8. The summed E-state index contributed by atoms with van der Waals surface area (Å²) in [6.07, 6.45) is -0.579. The lowest BCUT2D eigenvalue weighted by molar-refractivity contribution is -0.149. The van der Waals surface area contributed by atoms with Gasteiger partial charge in [0, 0.05) is 19.9 Å². The van der Waals surface area contributed by atoms with Crippen LogP contribution in [0.1, 0.15) is 37.5 Å². The molecule has 10 nitrogen and oxygen atoms in total. The number of benzene rings is 3. The van der Waals surface area contributed by atoms with Crippen molar-refractivity contribution in [1.82, 2.24) is 10.2 Å². The molecule has 44 heavy (non-hydrogen) atoms. The summed E-state index contributed by atoms with van der Waals surface area (Å²) in [4.78, 5) is 41.6. The van der Waals surface area contributed by atoms with E-state index in [0.29, 0.717) is 22.3 Å². The van der Waals surface area contributed by atoms with Gasteiger partial charge in [-0.15, -0.1) is 0 Å². The van der Waals surface area contributed by atoms with Crippen LogP contribution in [0.15, 0.2) is 72.8 Å². The summed E-state index contributed by atoms with van der Waals surface area (Å²) in [6, 6.07) is 18.4. The molecule has 0 bridgehead atoms. The minimum Gasteiger partial charge on any atom is -0.508 e. The number of likely N-dealkylation sites (N-methyl/N-ethyl adjacent to an activating group) is 1. The van der Waals surface area contributed by atoms with Crippen molar-refractivity contribution in [2.45, 2.75) is 64.7 Å². The van der Waals surface area contributed by atoms with Crippen molar-refractivity contribution in [1.29, 1.82) is 0 Å². The molecule has 3 rings (SSSR count). The number of ether oxygens (including phenoxy) is 3. The van der Waals surface area contributed by atoms with Gasteiger partial charge < -0.3 is 29.7 Å². The molecule has 0 fully saturated rings. The Labute approximate surface area is 259 Å². The maximum atomic E-state index is 13.9. The lowest BCUT2D eigenvalue weighted by Crippen LogP contribution is -2.54. The molecule has 2 unspecified atom stereocenters. The van der Waals surface area contributed by atoms with E-state index in [2.05, 4.69) is 5.32 Å². The number of methoxy groups -OCH3 is 1. The number of phenols is 1. The van der Waals surface area contributed by atoms with E-state index < -0.39 is 42.6 Å². The predicted octanol–water partition coefficient (Wildman–Crippen LogP) is 3.47. The molecule has 3 N–H and O–H groups in total. The van der Waals surface area contributed by atoms with Gasteiger partial charge in [-0.05, 0) is 61.1 Å². The molecule has 11 heteroatoms. The summed E-state index contributed by atoms with van der Waals surface area (Å²) in [5, 5.41) is 22.8. The zero-order valence-electron chi connectivity index (χ0n) is 26.1. The van der Waals surface area contributed by atoms with E-state index in [1.54, 1.807) is 57.9 Å². The molecule has 3 aromatic rings. The van der Waals surface area contributed by atoms with Crippen LogP contribution in [-0.2, 0) is 38.5 Å². The third-order valence-electron chi connectivity index (χ3n) is 6.83. The van der Waals surface area contributed by atoms with E-state index in [4.69, 9.17) is 14.2 Å². The van der Waals surface area contributed by atoms with Gasteiger partial charge in [0.2, 0.25) is 5.91 Å². The molecule has 0 radical (unpaired) electrons. The number of rotatable bonds is 12. The SMILES string of the molecule is COc1ccc(CC(NC(=O)C(Cc2ccc(O)cc2)N(C)C(=O)OC(C)(C)C)C(=O)OCc2ccccc2)cc1B(C)O. The topological polar surface area (TPSA) is 135 Å². The fraction of sp³-hybridized carbons (Fsp3) is 0.364. The number of carbonyl (C=O) groups excluding carboxylic acids is 3. The van der Waals surface area contributed by atoms with Crippen LogP contribution in [0, 0.1) is 0 Å². The molecule has 3 aromatic carbocycles. The summed E-state index contributed by atoms with van der Waals surface area (Å²) < 4.78 is 16.5. The maximum Gasteiger partial charge on any atom is 0.410 e. The van der Waals surface area contributed by atoms with Crippen LogP contribution in [-0.4, -0.2) is 71.8 Å². The fourth-order valence-corrected chi connectivity index (χ4v) is 4.49. The first kappa shape index (κ1) is 34.0. The summed E-state index contributed by atoms with van der Waals surface area (Å²) in [6.45, 7) is 5.95. The second-order valence-corrected chi connectivity index (χ2v) is 11.6. The van der Waals surface area contributed by atoms with Crippen LogP contribution in [0.2, 0.25) is 6.82 Å². The Morgan fingerprint density at radius 2 is 1.57 bits per heavy atom. The van der Waals surface area contributed by atoms with Crippen LogP contribution in [0.25, 0.3) is 0 Å². The zero-order valence-corrected chi connectivity index (χ0v) is 26.1. The first-order chi connectivity index (χ1) is 20.8. The average molecular weight is 605 g/mol. The van der Waals surface area contributed by atoms with E-state index in [1.807, 2.05) is 30.3 Å². The average Bonchev–Trinajstić information content (AvgIpc) is 2.98. The van der Waals surface area contributed by atoms with E-state index in [0.717, 1.165) is 5.56 Å². The molecule has 0 aliphatic heterocycles. The maximum absolute atomic E-state index is 13.9.